The van der Waals surface area contributed by atoms with Crippen molar-refractivity contribution in [1.82, 2.24) is 10.3 Å². The minimum Gasteiger partial charge on any atom is -0.453 e. The Morgan fingerprint density at radius 3 is 2.91 bits per heavy atom. The molecule has 1 aromatic carbocycles. The molecule has 2 aromatic heterocycles. The van der Waals surface area contributed by atoms with Crippen LogP contribution in [0.25, 0.3) is 15.8 Å². The summed E-state index contributed by atoms with van der Waals surface area (Å²) in [4.78, 5) is 5.62. The predicted molar refractivity (Wildman–Crippen MR) is 91.6 cm³/mol. The number of pyridine rings is 1. The molecule has 1 aliphatic rings. The Bertz CT molecular complexity index is 888. The minimum absolute atomic E-state index is 0.232. The van der Waals surface area contributed by atoms with Crippen molar-refractivity contribution in [2.24, 2.45) is 0 Å². The molecular formula is C18H15FN2OS. The number of para-hydroxylation sites is 1. The average molecular weight is 326 g/mol. The molecule has 0 amide bonds. The minimum atomic E-state index is -0.365. The largest absolute Gasteiger partial charge is 0.453 e. The number of hydrogen-bond donors (Lipinski definition) is 1. The molecule has 23 heavy (non-hydrogen) atoms. The highest BCUT2D eigenvalue weighted by molar-refractivity contribution is 7.20. The number of halogens is 1. The Labute approximate surface area is 137 Å². The zero-order chi connectivity index (χ0) is 15.6. The van der Waals surface area contributed by atoms with Gasteiger partial charge in [-0.05, 0) is 36.7 Å². The van der Waals surface area contributed by atoms with Gasteiger partial charge in [-0.3, -0.25) is 4.98 Å². The summed E-state index contributed by atoms with van der Waals surface area (Å²) in [6.45, 7) is 1.89. The van der Waals surface area contributed by atoms with Crippen molar-refractivity contribution in [2.45, 2.75) is 6.42 Å². The summed E-state index contributed by atoms with van der Waals surface area (Å²) in [5, 5.41) is 3.31. The maximum atomic E-state index is 13.8. The number of hydrogen-bond acceptors (Lipinski definition) is 4. The first-order chi connectivity index (χ1) is 11.3. The van der Waals surface area contributed by atoms with Gasteiger partial charge in [0, 0.05) is 23.7 Å². The van der Waals surface area contributed by atoms with Crippen LogP contribution in [-0.4, -0.2) is 18.1 Å². The van der Waals surface area contributed by atoms with E-state index in [1.807, 2.05) is 0 Å². The second-order valence-electron chi connectivity index (χ2n) is 5.35. The van der Waals surface area contributed by atoms with Crippen molar-refractivity contribution in [3.05, 3.63) is 59.4 Å². The number of ether oxygens (including phenoxy) is 1. The fourth-order valence-electron chi connectivity index (χ4n) is 2.65. The number of aromatic nitrogens is 1. The molecule has 116 valence electrons. The quantitative estimate of drug-likeness (QED) is 0.763. The monoisotopic (exact) mass is 326 g/mol. The van der Waals surface area contributed by atoms with Gasteiger partial charge in [-0.15, -0.1) is 11.3 Å². The number of nitrogens with zero attached hydrogens (tertiary/aromatic N) is 1. The second kappa shape index (κ2) is 6.10. The van der Waals surface area contributed by atoms with Crippen LogP contribution in [0.2, 0.25) is 0 Å². The van der Waals surface area contributed by atoms with E-state index in [2.05, 4.69) is 22.4 Å². The third kappa shape index (κ3) is 2.85. The van der Waals surface area contributed by atoms with Gasteiger partial charge in [-0.25, -0.2) is 4.39 Å². The maximum Gasteiger partial charge on any atom is 0.165 e. The SMILES string of the molecule is Fc1ccccc1Oc1ccnc2cc(C3=CCNCC3)sc12. The molecule has 3 heterocycles. The summed E-state index contributed by atoms with van der Waals surface area (Å²) < 4.78 is 20.6. The third-order valence-electron chi connectivity index (χ3n) is 3.81. The zero-order valence-corrected chi connectivity index (χ0v) is 13.2. The van der Waals surface area contributed by atoms with Gasteiger partial charge in [0.1, 0.15) is 5.75 Å². The molecule has 5 heteroatoms. The van der Waals surface area contributed by atoms with Gasteiger partial charge in [0.05, 0.1) is 10.2 Å². The van der Waals surface area contributed by atoms with Gasteiger partial charge in [-0.2, -0.15) is 0 Å². The Morgan fingerprint density at radius 1 is 1.17 bits per heavy atom. The molecule has 4 rings (SSSR count). The summed E-state index contributed by atoms with van der Waals surface area (Å²) in [5.41, 5.74) is 2.22. The lowest BCUT2D eigenvalue weighted by Crippen LogP contribution is -2.19. The van der Waals surface area contributed by atoms with E-state index in [0.29, 0.717) is 5.75 Å². The molecule has 0 saturated heterocycles. The molecule has 1 N–H and O–H groups in total. The van der Waals surface area contributed by atoms with Gasteiger partial charge in [-0.1, -0.05) is 18.2 Å². The van der Waals surface area contributed by atoms with Crippen LogP contribution in [0.1, 0.15) is 11.3 Å². The zero-order valence-electron chi connectivity index (χ0n) is 12.4. The maximum absolute atomic E-state index is 13.8. The number of benzene rings is 1. The van der Waals surface area contributed by atoms with Crippen molar-refractivity contribution in [2.75, 3.05) is 13.1 Å². The number of fused-ring (bicyclic) bond motifs is 1. The van der Waals surface area contributed by atoms with Crippen LogP contribution in [0.4, 0.5) is 4.39 Å². The number of thiophene rings is 1. The van der Waals surface area contributed by atoms with E-state index in [1.54, 1.807) is 41.8 Å². The standard InChI is InChI=1S/C18H15FN2OS/c19-13-3-1-2-4-15(13)22-16-7-10-21-14-11-17(23-18(14)16)12-5-8-20-9-6-12/h1-5,7,10-11,20H,6,8-9H2. The lowest BCUT2D eigenvalue weighted by atomic mass is 10.1. The van der Waals surface area contributed by atoms with Crippen LogP contribution in [0.5, 0.6) is 11.5 Å². The lowest BCUT2D eigenvalue weighted by Gasteiger charge is -2.11. The summed E-state index contributed by atoms with van der Waals surface area (Å²) in [5.74, 6) is 0.511. The van der Waals surface area contributed by atoms with E-state index in [1.165, 1.54) is 16.5 Å². The third-order valence-corrected chi connectivity index (χ3v) is 5.03. The van der Waals surface area contributed by atoms with Gasteiger partial charge in [0.25, 0.3) is 0 Å². The van der Waals surface area contributed by atoms with Crippen LogP contribution >= 0.6 is 11.3 Å². The molecule has 1 aliphatic heterocycles. The van der Waals surface area contributed by atoms with E-state index in [0.717, 1.165) is 29.7 Å². The molecule has 0 unspecified atom stereocenters. The first-order valence-corrected chi connectivity index (χ1v) is 8.34. The fourth-order valence-corrected chi connectivity index (χ4v) is 3.78. The molecule has 3 nitrogen and oxygen atoms in total. The molecule has 0 radical (unpaired) electrons. The normalized spacial score (nSPS) is 14.7. The molecule has 0 atom stereocenters. The molecule has 0 aliphatic carbocycles. The molecule has 0 fully saturated rings. The fraction of sp³-hybridized carbons (Fsp3) is 0.167. The first-order valence-electron chi connectivity index (χ1n) is 7.52. The second-order valence-corrected chi connectivity index (χ2v) is 6.40. The molecule has 0 spiro atoms. The average Bonchev–Trinajstić information content (AvgIpc) is 3.03. The van der Waals surface area contributed by atoms with Gasteiger partial charge >= 0.3 is 0 Å². The highest BCUT2D eigenvalue weighted by Gasteiger charge is 2.14. The Hall–Kier alpha value is -2.24. The van der Waals surface area contributed by atoms with E-state index in [9.17, 15) is 4.39 Å². The number of nitrogens with one attached hydrogen (secondary N) is 1. The summed E-state index contributed by atoms with van der Waals surface area (Å²) in [6, 6.07) is 10.3. The van der Waals surface area contributed by atoms with E-state index < -0.39 is 0 Å². The van der Waals surface area contributed by atoms with Crippen molar-refractivity contribution in [1.29, 1.82) is 0 Å². The van der Waals surface area contributed by atoms with Crippen LogP contribution < -0.4 is 10.1 Å². The van der Waals surface area contributed by atoms with E-state index >= 15 is 0 Å². The van der Waals surface area contributed by atoms with Crippen LogP contribution in [0.15, 0.2) is 48.7 Å². The first kappa shape index (κ1) is 14.4. The van der Waals surface area contributed by atoms with Crippen LogP contribution in [0, 0.1) is 5.82 Å². The Balaban J connectivity index is 1.74. The summed E-state index contributed by atoms with van der Waals surface area (Å²) in [6.07, 6.45) is 4.92. The van der Waals surface area contributed by atoms with Crippen molar-refractivity contribution < 1.29 is 9.13 Å². The van der Waals surface area contributed by atoms with E-state index in [4.69, 9.17) is 4.74 Å². The highest BCUT2D eigenvalue weighted by atomic mass is 32.1. The van der Waals surface area contributed by atoms with Crippen molar-refractivity contribution in [3.8, 4) is 11.5 Å². The Kier molecular flexibility index (Phi) is 3.81. The Morgan fingerprint density at radius 2 is 2.09 bits per heavy atom. The predicted octanol–water partition coefficient (Wildman–Crippen LogP) is 4.60. The van der Waals surface area contributed by atoms with Crippen molar-refractivity contribution >= 4 is 27.1 Å². The summed E-state index contributed by atoms with van der Waals surface area (Å²) >= 11 is 1.65. The molecular weight excluding hydrogens is 311 g/mol. The summed E-state index contributed by atoms with van der Waals surface area (Å²) in [7, 11) is 0. The van der Waals surface area contributed by atoms with Crippen LogP contribution in [-0.2, 0) is 0 Å². The van der Waals surface area contributed by atoms with Crippen molar-refractivity contribution in [3.63, 3.8) is 0 Å². The molecule has 0 saturated carbocycles. The van der Waals surface area contributed by atoms with E-state index in [-0.39, 0.29) is 11.6 Å². The van der Waals surface area contributed by atoms with Crippen LogP contribution in [0.3, 0.4) is 0 Å². The van der Waals surface area contributed by atoms with Gasteiger partial charge in [0.2, 0.25) is 0 Å². The number of rotatable bonds is 3. The van der Waals surface area contributed by atoms with Gasteiger partial charge in [0.15, 0.2) is 11.6 Å². The topological polar surface area (TPSA) is 34.1 Å². The highest BCUT2D eigenvalue weighted by Crippen LogP contribution is 2.38. The molecule has 0 bridgehead atoms. The molecule has 3 aromatic rings. The smallest absolute Gasteiger partial charge is 0.165 e. The lowest BCUT2D eigenvalue weighted by molar-refractivity contribution is 0.447. The van der Waals surface area contributed by atoms with Gasteiger partial charge < -0.3 is 10.1 Å².